The number of carboxylic acid groups (broad SMARTS) is 1. The standard InChI is InChI=1S/C60H70N11O24P3/c1-5-63-48-28-50-46(24-36(48)3)56(47-25-37(4)49(64-6-2)29-51(47)92-50)44-19-18-43(27-45(44)59(76)77)87-21-11-16-40(72)15-10-20-65-57(74)38-13-9-17-42(26-38)89-34-54(68-70-62)88-23-22-86-32-41(73)14-8-7-12-39-31-71(60(78)67-58(39)75)55-30-52(90-35-66-69-61)53(93-55)33-91-97(82,83)95-98(84,85)94-96(79,80)81/h9,13,17-19,24-29,31,52-55,63H,5-6,8,10-11,14-16,20-23,30,32-35H2,1-4H3,(H,65,74)(H,76,77)(H,82,83)(H,84,85)(H,67,75,78)(H2,79,80,81). The molecule has 6 atom stereocenters. The number of rotatable bonds is 38. The first-order chi connectivity index (χ1) is 46.7. The van der Waals surface area contributed by atoms with Crippen molar-refractivity contribution in [2.75, 3.05) is 71.3 Å². The maximum absolute atomic E-state index is 13.1. The minimum Gasteiger partial charge on any atom is -0.494 e. The molecule has 98 heavy (non-hydrogen) atoms. The molecule has 3 heterocycles. The minimum absolute atomic E-state index is 0.0302. The van der Waals surface area contributed by atoms with Gasteiger partial charge in [-0.25, -0.2) is 23.3 Å². The van der Waals surface area contributed by atoms with Crippen LogP contribution in [-0.4, -0.2) is 142 Å². The van der Waals surface area contributed by atoms with Crippen LogP contribution >= 0.6 is 23.5 Å². The number of amides is 1. The molecule has 6 unspecified atom stereocenters. The molecule has 8 N–H and O–H groups in total. The number of ketones is 2. The number of carboxylic acids is 1. The van der Waals surface area contributed by atoms with Crippen molar-refractivity contribution in [3.05, 3.63) is 148 Å². The lowest BCUT2D eigenvalue weighted by Gasteiger charge is -2.20. The summed E-state index contributed by atoms with van der Waals surface area (Å²) in [6, 6.07) is 18.9. The number of hydrogen-bond donors (Lipinski definition) is 8. The summed E-state index contributed by atoms with van der Waals surface area (Å²) < 4.78 is 88.2. The summed E-state index contributed by atoms with van der Waals surface area (Å²) in [4.78, 5) is 126. The van der Waals surface area contributed by atoms with Gasteiger partial charge in [0.1, 0.15) is 66.5 Å². The van der Waals surface area contributed by atoms with E-state index in [-0.39, 0.29) is 99.9 Å². The van der Waals surface area contributed by atoms with Gasteiger partial charge in [-0.2, -0.15) is 8.62 Å². The van der Waals surface area contributed by atoms with Crippen LogP contribution in [0, 0.1) is 25.7 Å². The highest BCUT2D eigenvalue weighted by atomic mass is 31.3. The second-order valence-corrected chi connectivity index (χ2v) is 25.9. The number of aromatic carboxylic acids is 1. The van der Waals surface area contributed by atoms with E-state index in [1.807, 2.05) is 56.9 Å². The number of benzene rings is 4. The van der Waals surface area contributed by atoms with Crippen LogP contribution in [0.5, 0.6) is 11.5 Å². The van der Waals surface area contributed by atoms with Gasteiger partial charge in [0.2, 0.25) is 0 Å². The number of Topliss-reactive ketones (excluding diaryl/α,β-unsaturated/α-hetero) is 2. The normalized spacial score (nSPS) is 16.2. The van der Waals surface area contributed by atoms with Gasteiger partial charge >= 0.3 is 35.1 Å². The van der Waals surface area contributed by atoms with E-state index in [2.05, 4.69) is 60.7 Å². The molecule has 0 saturated carbocycles. The number of phosphoric ester groups is 1. The summed E-state index contributed by atoms with van der Waals surface area (Å²) in [6.45, 7) is 6.99. The monoisotopic (exact) mass is 1420 g/mol. The Balaban J connectivity index is 0.802. The molecule has 7 rings (SSSR count). The first kappa shape index (κ1) is 76.5. The number of carbonyl (C=O) groups excluding carboxylic acids is 3. The first-order valence-corrected chi connectivity index (χ1v) is 34.7. The summed E-state index contributed by atoms with van der Waals surface area (Å²) in [5.41, 5.74) is 21.2. The van der Waals surface area contributed by atoms with Crippen molar-refractivity contribution in [3.63, 3.8) is 0 Å². The number of ether oxygens (including phenoxy) is 6. The van der Waals surface area contributed by atoms with Crippen molar-refractivity contribution in [2.45, 2.75) is 97.3 Å². The molecule has 1 aliphatic carbocycles. The molecule has 1 aromatic heterocycles. The van der Waals surface area contributed by atoms with E-state index in [9.17, 15) is 57.4 Å². The van der Waals surface area contributed by atoms with Gasteiger partial charge in [0, 0.05) is 108 Å². The van der Waals surface area contributed by atoms with Gasteiger partial charge in [-0.15, -0.1) is 0 Å². The Morgan fingerprint density at radius 2 is 1.64 bits per heavy atom. The van der Waals surface area contributed by atoms with Crippen LogP contribution in [0.3, 0.4) is 0 Å². The van der Waals surface area contributed by atoms with E-state index < -0.39 is 90.4 Å². The van der Waals surface area contributed by atoms with Gasteiger partial charge in [0.05, 0.1) is 43.5 Å². The molecule has 1 amide bonds. The predicted molar refractivity (Wildman–Crippen MR) is 348 cm³/mol. The summed E-state index contributed by atoms with van der Waals surface area (Å²) in [6.07, 6.45) is -3.42. The molecule has 3 aliphatic rings. The van der Waals surface area contributed by atoms with E-state index >= 15 is 0 Å². The highest BCUT2D eigenvalue weighted by Gasteiger charge is 2.44. The van der Waals surface area contributed by atoms with Crippen LogP contribution in [0.4, 0.5) is 5.69 Å². The highest BCUT2D eigenvalue weighted by Crippen LogP contribution is 2.66. The van der Waals surface area contributed by atoms with Crippen LogP contribution in [0.15, 0.2) is 102 Å². The SMILES string of the molecule is CCN=c1cc2oc3cc(NCC)c(C)cc3c(-c3ccc(OCCCC(=O)CCCNC(=O)c4cccc(OCC(N=[N+]=[N-])OCCOCC(=O)CCC#Cc5cn(C6CC(OCN=[N+]=[N-])C(COP(=O)(O)OP(=O)(O)OP(=O)(O)O)O6)c(=O)[nH]c5=O)c4)cc3C(=O)O)c-2cc1C. The van der Waals surface area contributed by atoms with E-state index in [1.165, 1.54) is 12.1 Å². The van der Waals surface area contributed by atoms with E-state index in [4.69, 9.17) is 53.7 Å². The van der Waals surface area contributed by atoms with Crippen LogP contribution in [-0.2, 0) is 55.4 Å². The number of nitrogens with one attached hydrogen (secondary N) is 3. The van der Waals surface area contributed by atoms with Gasteiger partial charge in [0.15, 0.2) is 12.0 Å². The fourth-order valence-electron chi connectivity index (χ4n) is 9.92. The predicted octanol–water partition coefficient (Wildman–Crippen LogP) is 8.39. The number of phosphoric acid groups is 3. The van der Waals surface area contributed by atoms with Gasteiger partial charge in [-0.05, 0) is 117 Å². The third-order valence-electron chi connectivity index (χ3n) is 14.3. The van der Waals surface area contributed by atoms with Crippen molar-refractivity contribution in [2.24, 2.45) is 15.2 Å². The molecule has 35 nitrogen and oxygen atoms in total. The van der Waals surface area contributed by atoms with Crippen LogP contribution in [0.1, 0.15) is 102 Å². The Morgan fingerprint density at radius 3 is 2.38 bits per heavy atom. The average molecular weight is 1420 g/mol. The summed E-state index contributed by atoms with van der Waals surface area (Å²) >= 11 is 0. The highest BCUT2D eigenvalue weighted by molar-refractivity contribution is 7.66. The summed E-state index contributed by atoms with van der Waals surface area (Å²) in [7, 11) is -17.2. The molecule has 2 aliphatic heterocycles. The Hall–Kier alpha value is -8.86. The molecule has 1 fully saturated rings. The molecular weight excluding hydrogens is 1350 g/mol. The first-order valence-electron chi connectivity index (χ1n) is 30.2. The molecule has 524 valence electrons. The molecule has 4 aromatic rings. The van der Waals surface area contributed by atoms with Crippen molar-refractivity contribution in [3.8, 4) is 45.8 Å². The lowest BCUT2D eigenvalue weighted by molar-refractivity contribution is -0.124. The number of hydrogen-bond acceptors (Lipinski definition) is 23. The van der Waals surface area contributed by atoms with Gasteiger partial charge in [-0.1, -0.05) is 28.1 Å². The zero-order chi connectivity index (χ0) is 71.2. The third-order valence-corrected chi connectivity index (χ3v) is 18.1. The third kappa shape index (κ3) is 22.9. The fraction of sp³-hybridized carbons (Fsp3) is 0.417. The molecule has 0 radical (unpaired) electrons. The quantitative estimate of drug-likeness (QED) is 0.00343. The summed E-state index contributed by atoms with van der Waals surface area (Å²) in [5, 5.41) is 25.0. The number of azide groups is 2. The summed E-state index contributed by atoms with van der Waals surface area (Å²) in [5.74, 6) is 4.29. The fourth-order valence-corrected chi connectivity index (χ4v) is 13.0. The van der Waals surface area contributed by atoms with Crippen molar-refractivity contribution < 1.29 is 104 Å². The lowest BCUT2D eigenvalue weighted by Crippen LogP contribution is -2.33. The molecule has 3 aromatic carbocycles. The molecular formula is C60H70N11O24P3. The van der Waals surface area contributed by atoms with Crippen LogP contribution in [0.2, 0.25) is 0 Å². The van der Waals surface area contributed by atoms with E-state index in [1.54, 1.807) is 30.3 Å². The number of H-pyrrole nitrogens is 1. The maximum atomic E-state index is 13.1. The zero-order valence-corrected chi connectivity index (χ0v) is 55.9. The molecule has 0 spiro atoms. The number of carbonyl (C=O) groups is 4. The zero-order valence-electron chi connectivity index (χ0n) is 53.2. The number of aromatic amines is 1. The topological polar surface area (TPSA) is 506 Å². The number of aromatic nitrogens is 2. The van der Waals surface area contributed by atoms with E-state index in [0.717, 1.165) is 43.9 Å². The second kappa shape index (κ2) is 36.1. The Morgan fingerprint density at radius 1 is 0.867 bits per heavy atom. The molecule has 1 saturated heterocycles. The Labute approximate surface area is 557 Å². The average Bonchev–Trinajstić information content (AvgIpc) is 0.825. The maximum Gasteiger partial charge on any atom is 0.490 e. The molecule has 38 heteroatoms. The number of aryl methyl sites for hydroxylation is 2. The lowest BCUT2D eigenvalue weighted by atomic mass is 9.89. The van der Waals surface area contributed by atoms with E-state index in [0.29, 0.717) is 54.2 Å². The smallest absolute Gasteiger partial charge is 0.490 e. The largest absolute Gasteiger partial charge is 0.494 e. The Bertz CT molecular complexity index is 4380. The second-order valence-electron chi connectivity index (χ2n) is 21.4. The van der Waals surface area contributed by atoms with Gasteiger partial charge < -0.3 is 68.2 Å². The van der Waals surface area contributed by atoms with Gasteiger partial charge in [0.25, 0.3) is 11.5 Å². The minimum atomic E-state index is -5.86. The van der Waals surface area contributed by atoms with Crippen molar-refractivity contribution in [1.82, 2.24) is 14.9 Å². The number of fused-ring (bicyclic) bond motifs is 2. The van der Waals surface area contributed by atoms with Crippen molar-refractivity contribution in [1.29, 1.82) is 0 Å². The number of nitrogens with zero attached hydrogens (tertiary/aromatic N) is 8. The van der Waals surface area contributed by atoms with Gasteiger partial charge in [-0.3, -0.25) is 38.2 Å². The van der Waals surface area contributed by atoms with Crippen LogP contribution in [0.25, 0.3) is 54.3 Å². The number of anilines is 1. The van der Waals surface area contributed by atoms with Crippen molar-refractivity contribution >= 4 is 63.6 Å². The molecule has 0 bridgehead atoms. The Kier molecular flexibility index (Phi) is 28.2. The van der Waals surface area contributed by atoms with Crippen LogP contribution < -0.4 is 36.7 Å².